The molecule has 56 heavy (non-hydrogen) atoms. The number of anilines is 1. The van der Waals surface area contributed by atoms with E-state index < -0.39 is 45.3 Å². The van der Waals surface area contributed by atoms with Crippen molar-refractivity contribution in [2.45, 2.75) is 64.4 Å². The van der Waals surface area contributed by atoms with Crippen LogP contribution in [-0.2, 0) is 23.5 Å². The molecule has 0 aromatic heterocycles. The van der Waals surface area contributed by atoms with Gasteiger partial charge in [0.15, 0.2) is 14.1 Å². The van der Waals surface area contributed by atoms with E-state index in [9.17, 15) is 14.4 Å². The van der Waals surface area contributed by atoms with Gasteiger partial charge in [-0.1, -0.05) is 124 Å². The summed E-state index contributed by atoms with van der Waals surface area (Å²) in [6, 6.07) is 35.5. The number of esters is 1. The first-order valence-electron chi connectivity index (χ1n) is 19.0. The topological polar surface area (TPSA) is 102 Å². The van der Waals surface area contributed by atoms with Gasteiger partial charge < -0.3 is 18.8 Å². The number of hydrogen-bond donors (Lipinski definition) is 0. The molecule has 2 fully saturated rings. The Morgan fingerprint density at radius 2 is 1.39 bits per heavy atom. The molecule has 11 heteroatoms. The van der Waals surface area contributed by atoms with Crippen molar-refractivity contribution in [2.24, 2.45) is 5.92 Å². The van der Waals surface area contributed by atoms with Crippen molar-refractivity contribution in [3.05, 3.63) is 133 Å². The fraction of sp³-hybridized carbons (Fsp3) is 0.311. The molecule has 4 aromatic rings. The molecule has 0 spiro atoms. The monoisotopic (exact) mass is 790 g/mol. The lowest BCUT2D eigenvalue weighted by Gasteiger charge is -2.53. The molecule has 2 aliphatic heterocycles. The number of amides is 2. The molecule has 2 amide bonds. The Morgan fingerprint density at radius 1 is 0.875 bits per heavy atom. The Kier molecular flexibility index (Phi) is 12.0. The SMILES string of the molecule is C=CCOC(=O)C(N1C(=O)[C@H]([C@H](C)O[Si](C)(C)C(C)(C)C)[C@H]1CC(=O)c1ccc(N2CCOC2=O)cc1)=P(c1ccccc1)(c1ccccc1)c1ccccc1. The quantitative estimate of drug-likeness (QED) is 0.0330. The highest BCUT2D eigenvalue weighted by molar-refractivity contribution is 7.96. The van der Waals surface area contributed by atoms with Crippen molar-refractivity contribution in [3.8, 4) is 0 Å². The van der Waals surface area contributed by atoms with Gasteiger partial charge in [0.05, 0.1) is 24.6 Å². The lowest BCUT2D eigenvalue weighted by atomic mass is 9.79. The van der Waals surface area contributed by atoms with Gasteiger partial charge in [-0.15, -0.1) is 0 Å². The number of likely N-dealkylation sites (tertiary alicyclic amines) is 1. The summed E-state index contributed by atoms with van der Waals surface area (Å²) >= 11 is 0. The van der Waals surface area contributed by atoms with Crippen LogP contribution in [0.4, 0.5) is 10.5 Å². The van der Waals surface area contributed by atoms with Gasteiger partial charge >= 0.3 is 12.1 Å². The van der Waals surface area contributed by atoms with E-state index in [1.807, 2.05) is 97.9 Å². The Morgan fingerprint density at radius 3 is 1.84 bits per heavy atom. The Hall–Kier alpha value is -5.02. The molecule has 0 N–H and O–H groups in total. The number of hydrogen-bond acceptors (Lipinski definition) is 7. The zero-order valence-electron chi connectivity index (χ0n) is 33.0. The van der Waals surface area contributed by atoms with Crippen LogP contribution in [0.2, 0.25) is 18.1 Å². The first kappa shape index (κ1) is 40.6. The minimum absolute atomic E-state index is 0.0719. The summed E-state index contributed by atoms with van der Waals surface area (Å²) in [5.41, 5.74) is 1.25. The van der Waals surface area contributed by atoms with Gasteiger partial charge in [-0.3, -0.25) is 14.5 Å². The maximum absolute atomic E-state index is 15.1. The molecule has 0 aliphatic carbocycles. The van der Waals surface area contributed by atoms with E-state index in [0.717, 1.165) is 15.9 Å². The van der Waals surface area contributed by atoms with Gasteiger partial charge in [0.25, 0.3) is 0 Å². The fourth-order valence-corrected chi connectivity index (χ4v) is 13.2. The Labute approximate surface area is 331 Å². The molecule has 4 aromatic carbocycles. The van der Waals surface area contributed by atoms with Gasteiger partial charge in [-0.2, -0.15) is 0 Å². The van der Waals surface area contributed by atoms with E-state index in [2.05, 4.69) is 40.4 Å². The fourth-order valence-electron chi connectivity index (χ4n) is 7.40. The van der Waals surface area contributed by atoms with Crippen molar-refractivity contribution in [1.82, 2.24) is 4.90 Å². The minimum atomic E-state index is -3.20. The molecule has 0 unspecified atom stereocenters. The Bertz CT molecular complexity index is 2030. The van der Waals surface area contributed by atoms with E-state index in [0.29, 0.717) is 24.4 Å². The number of carbonyl (C=O) groups is 4. The molecule has 0 bridgehead atoms. The largest absolute Gasteiger partial charge is 0.457 e. The number of β-lactam (4-membered cyclic amide) rings is 1. The minimum Gasteiger partial charge on any atom is -0.457 e. The average molecular weight is 791 g/mol. The third kappa shape index (κ3) is 7.70. The number of benzene rings is 4. The van der Waals surface area contributed by atoms with Gasteiger partial charge in [0.1, 0.15) is 18.6 Å². The zero-order chi connectivity index (χ0) is 40.3. The van der Waals surface area contributed by atoms with E-state index in [-0.39, 0.29) is 35.2 Å². The highest BCUT2D eigenvalue weighted by Crippen LogP contribution is 2.51. The summed E-state index contributed by atoms with van der Waals surface area (Å²) in [6.07, 6.45) is 0.443. The van der Waals surface area contributed by atoms with E-state index in [1.165, 1.54) is 11.0 Å². The molecule has 2 heterocycles. The second kappa shape index (κ2) is 16.6. The van der Waals surface area contributed by atoms with Gasteiger partial charge in [-0.25, -0.2) is 9.59 Å². The van der Waals surface area contributed by atoms with Crippen molar-refractivity contribution < 1.29 is 33.1 Å². The molecule has 292 valence electrons. The summed E-state index contributed by atoms with van der Waals surface area (Å²) in [5.74, 6) is -1.89. The first-order valence-corrected chi connectivity index (χ1v) is 23.7. The van der Waals surface area contributed by atoms with Crippen LogP contribution in [0.25, 0.3) is 0 Å². The molecule has 2 aliphatic rings. The van der Waals surface area contributed by atoms with Crippen molar-refractivity contribution >= 4 is 66.0 Å². The van der Waals surface area contributed by atoms with Gasteiger partial charge in [-0.05, 0) is 65.2 Å². The second-order valence-electron chi connectivity index (χ2n) is 15.7. The van der Waals surface area contributed by atoms with Crippen LogP contribution < -0.4 is 20.8 Å². The summed E-state index contributed by atoms with van der Waals surface area (Å²) in [5, 5.41) is 2.42. The Balaban J connectivity index is 1.58. The molecular weight excluding hydrogens is 740 g/mol. The first-order chi connectivity index (χ1) is 26.7. The number of nitrogens with zero attached hydrogens (tertiary/aromatic N) is 2. The summed E-state index contributed by atoms with van der Waals surface area (Å²) in [6.45, 7) is 13.9. The van der Waals surface area contributed by atoms with Crippen LogP contribution in [0.5, 0.6) is 0 Å². The molecule has 2 saturated heterocycles. The van der Waals surface area contributed by atoms with Crippen molar-refractivity contribution in [2.75, 3.05) is 24.7 Å². The molecule has 0 radical (unpaired) electrons. The molecule has 6 rings (SSSR count). The van der Waals surface area contributed by atoms with Gasteiger partial charge in [0, 0.05) is 24.6 Å². The third-order valence-electron chi connectivity index (χ3n) is 11.2. The predicted molar refractivity (Wildman–Crippen MR) is 227 cm³/mol. The lowest BCUT2D eigenvalue weighted by Crippen LogP contribution is -2.69. The third-order valence-corrected chi connectivity index (χ3v) is 20.0. The van der Waals surface area contributed by atoms with Crippen molar-refractivity contribution in [3.63, 3.8) is 0 Å². The van der Waals surface area contributed by atoms with Crippen molar-refractivity contribution in [1.29, 1.82) is 0 Å². The standard InChI is InChI=1S/C45H51N2O7PSi/c1-8-29-52-43(50)42(55(35-18-12-9-13-19-35,36-20-14-10-15-21-36)37-22-16-11-17-23-37)47-38(40(41(47)49)32(2)54-56(6,7)45(3,4)5)31-39(48)33-24-26-34(27-25-33)46-28-30-53-44(46)51/h8-27,32,38,40H,1,28-31H2,2-7H3/t32-,38+,40+/m0/s1. The van der Waals surface area contributed by atoms with Crippen LogP contribution in [0, 0.1) is 5.92 Å². The zero-order valence-corrected chi connectivity index (χ0v) is 34.9. The number of cyclic esters (lactones) is 1. The maximum atomic E-state index is 15.1. The highest BCUT2D eigenvalue weighted by Gasteiger charge is 2.57. The van der Waals surface area contributed by atoms with Crippen LogP contribution in [0.1, 0.15) is 44.5 Å². The van der Waals surface area contributed by atoms with E-state index in [1.54, 1.807) is 29.2 Å². The lowest BCUT2D eigenvalue weighted by molar-refractivity contribution is -0.156. The van der Waals surface area contributed by atoms with Crippen LogP contribution in [-0.4, -0.2) is 74.3 Å². The number of ether oxygens (including phenoxy) is 2. The number of rotatable bonds is 14. The molecule has 3 atom stereocenters. The van der Waals surface area contributed by atoms with Gasteiger partial charge in [0.2, 0.25) is 5.91 Å². The van der Waals surface area contributed by atoms with E-state index >= 15 is 4.79 Å². The summed E-state index contributed by atoms with van der Waals surface area (Å²) in [4.78, 5) is 59.8. The molecular formula is C45H51N2O7PSi. The van der Waals surface area contributed by atoms with E-state index in [4.69, 9.17) is 13.9 Å². The molecule has 0 saturated carbocycles. The summed E-state index contributed by atoms with van der Waals surface area (Å²) in [7, 11) is -2.39. The molecule has 9 nitrogen and oxygen atoms in total. The smallest absolute Gasteiger partial charge is 0.414 e. The predicted octanol–water partition coefficient (Wildman–Crippen LogP) is 7.31. The van der Waals surface area contributed by atoms with Crippen LogP contribution in [0.15, 0.2) is 128 Å². The normalized spacial score (nSPS) is 17.8. The highest BCUT2D eigenvalue weighted by atomic mass is 31.2. The average Bonchev–Trinajstić information content (AvgIpc) is 3.62. The second-order valence-corrected chi connectivity index (χ2v) is 23.8. The number of carbonyl (C=O) groups excluding carboxylic acids is 4. The maximum Gasteiger partial charge on any atom is 0.414 e. The van der Waals surface area contributed by atoms with Crippen LogP contribution >= 0.6 is 6.89 Å². The van der Waals surface area contributed by atoms with Crippen LogP contribution in [0.3, 0.4) is 0 Å². The number of Topliss-reactive ketones (excluding diaryl/α,β-unsaturated/α-hetero) is 1. The summed E-state index contributed by atoms with van der Waals surface area (Å²) < 4.78 is 17.9. The number of ketones is 1.